The number of ether oxygens (including phenoxy) is 1. The number of hydrogen-bond donors (Lipinski definition) is 0. The second-order valence-electron chi connectivity index (χ2n) is 5.56. The number of allylic oxidation sites excluding steroid dienone is 1. The molecule has 1 aliphatic rings. The molecule has 0 spiro atoms. The second-order valence-corrected chi connectivity index (χ2v) is 5.56. The largest absolute Gasteiger partial charge is 0.378 e. The van der Waals surface area contributed by atoms with Gasteiger partial charge >= 0.3 is 0 Å². The third kappa shape index (κ3) is 3.70. The Morgan fingerprint density at radius 2 is 1.71 bits per heavy atom. The maximum atomic E-state index is 12.4. The van der Waals surface area contributed by atoms with Gasteiger partial charge < -0.3 is 9.64 Å². The molecule has 0 bridgehead atoms. The molecule has 1 heterocycles. The Labute approximate surface area is 141 Å². The van der Waals surface area contributed by atoms with E-state index in [0.717, 1.165) is 37.6 Å². The first-order chi connectivity index (χ1) is 11.8. The van der Waals surface area contributed by atoms with E-state index in [4.69, 9.17) is 4.74 Å². The van der Waals surface area contributed by atoms with Crippen molar-refractivity contribution in [2.45, 2.75) is 0 Å². The van der Waals surface area contributed by atoms with Crippen molar-refractivity contribution in [3.8, 4) is 6.07 Å². The molecule has 0 unspecified atom stereocenters. The number of hydrogen-bond acceptors (Lipinski definition) is 4. The van der Waals surface area contributed by atoms with Gasteiger partial charge in [-0.1, -0.05) is 42.5 Å². The molecule has 120 valence electrons. The van der Waals surface area contributed by atoms with Gasteiger partial charge in [0.05, 0.1) is 13.2 Å². The fraction of sp³-hybridized carbons (Fsp3) is 0.200. The fourth-order valence-corrected chi connectivity index (χ4v) is 2.66. The highest BCUT2D eigenvalue weighted by Crippen LogP contribution is 2.19. The van der Waals surface area contributed by atoms with E-state index in [1.807, 2.05) is 36.4 Å². The zero-order valence-corrected chi connectivity index (χ0v) is 13.3. The molecule has 2 aromatic rings. The smallest absolute Gasteiger partial charge is 0.203 e. The van der Waals surface area contributed by atoms with Crippen LogP contribution in [0, 0.1) is 11.3 Å². The third-order valence-corrected chi connectivity index (χ3v) is 3.98. The summed E-state index contributed by atoms with van der Waals surface area (Å²) < 4.78 is 5.36. The number of nitriles is 1. The quantitative estimate of drug-likeness (QED) is 0.493. The minimum atomic E-state index is -0.254. The maximum Gasteiger partial charge on any atom is 0.203 e. The van der Waals surface area contributed by atoms with Crippen molar-refractivity contribution in [2.75, 3.05) is 31.2 Å². The van der Waals surface area contributed by atoms with Gasteiger partial charge in [-0.05, 0) is 23.8 Å². The number of anilines is 1. The molecule has 0 saturated carbocycles. The molecule has 24 heavy (non-hydrogen) atoms. The molecule has 0 amide bonds. The van der Waals surface area contributed by atoms with Crippen molar-refractivity contribution in [1.29, 1.82) is 5.26 Å². The number of morpholine rings is 1. The summed E-state index contributed by atoms with van der Waals surface area (Å²) in [6.07, 6.45) is 1.64. The Morgan fingerprint density at radius 1 is 1.04 bits per heavy atom. The summed E-state index contributed by atoms with van der Waals surface area (Å²) in [6, 6.07) is 18.8. The summed E-state index contributed by atoms with van der Waals surface area (Å²) in [6.45, 7) is 3.24. The Kier molecular flexibility index (Phi) is 5.05. The predicted molar refractivity (Wildman–Crippen MR) is 93.8 cm³/mol. The highest BCUT2D eigenvalue weighted by atomic mass is 16.5. The highest BCUT2D eigenvalue weighted by Gasteiger charge is 2.13. The molecule has 0 N–H and O–H groups in total. The normalized spacial score (nSPS) is 15.0. The maximum absolute atomic E-state index is 12.4. The molecular formula is C20H18N2O2. The van der Waals surface area contributed by atoms with Crippen molar-refractivity contribution < 1.29 is 9.53 Å². The summed E-state index contributed by atoms with van der Waals surface area (Å²) >= 11 is 0. The third-order valence-electron chi connectivity index (χ3n) is 3.98. The van der Waals surface area contributed by atoms with Crippen LogP contribution in [0.25, 0.3) is 6.08 Å². The van der Waals surface area contributed by atoms with Gasteiger partial charge in [0.2, 0.25) is 5.78 Å². The molecule has 0 aromatic heterocycles. The van der Waals surface area contributed by atoms with Gasteiger partial charge in [-0.3, -0.25) is 4.79 Å². The second kappa shape index (κ2) is 7.58. The Bertz CT molecular complexity index is 768. The van der Waals surface area contributed by atoms with Crippen molar-refractivity contribution >= 4 is 17.5 Å². The van der Waals surface area contributed by atoms with Crippen LogP contribution >= 0.6 is 0 Å². The molecule has 0 aliphatic carbocycles. The number of benzene rings is 2. The van der Waals surface area contributed by atoms with Crippen LogP contribution in [0.15, 0.2) is 60.2 Å². The van der Waals surface area contributed by atoms with E-state index in [0.29, 0.717) is 5.56 Å². The zero-order valence-electron chi connectivity index (χ0n) is 13.3. The summed E-state index contributed by atoms with van der Waals surface area (Å²) in [5.74, 6) is -0.254. The summed E-state index contributed by atoms with van der Waals surface area (Å²) in [5.41, 5.74) is 2.63. The average molecular weight is 318 g/mol. The van der Waals surface area contributed by atoms with Crippen LogP contribution in [0.2, 0.25) is 0 Å². The molecule has 4 nitrogen and oxygen atoms in total. The van der Waals surface area contributed by atoms with Gasteiger partial charge in [0, 0.05) is 24.3 Å². The number of carbonyl (C=O) groups is 1. The van der Waals surface area contributed by atoms with Gasteiger partial charge in [-0.25, -0.2) is 0 Å². The number of ketones is 1. The first-order valence-electron chi connectivity index (χ1n) is 7.92. The molecular weight excluding hydrogens is 300 g/mol. The number of carbonyl (C=O) groups excluding carboxylic acids is 1. The molecule has 1 aliphatic heterocycles. The molecule has 3 rings (SSSR count). The van der Waals surface area contributed by atoms with E-state index in [1.54, 1.807) is 30.3 Å². The van der Waals surface area contributed by atoms with E-state index in [1.165, 1.54) is 0 Å². The van der Waals surface area contributed by atoms with Gasteiger partial charge in [0.1, 0.15) is 11.6 Å². The summed E-state index contributed by atoms with van der Waals surface area (Å²) in [5, 5.41) is 9.32. The Balaban J connectivity index is 1.78. The van der Waals surface area contributed by atoms with Gasteiger partial charge in [0.25, 0.3) is 0 Å². The van der Waals surface area contributed by atoms with Gasteiger partial charge in [-0.15, -0.1) is 0 Å². The van der Waals surface area contributed by atoms with Crippen molar-refractivity contribution in [3.63, 3.8) is 0 Å². The van der Waals surface area contributed by atoms with E-state index in [-0.39, 0.29) is 11.4 Å². The van der Waals surface area contributed by atoms with E-state index in [9.17, 15) is 10.1 Å². The minimum absolute atomic E-state index is 0.139. The lowest BCUT2D eigenvalue weighted by Crippen LogP contribution is -2.36. The number of Topliss-reactive ketones (excluding diaryl/α,β-unsaturated/α-hetero) is 1. The summed E-state index contributed by atoms with van der Waals surface area (Å²) in [7, 11) is 0. The van der Waals surface area contributed by atoms with Crippen molar-refractivity contribution in [3.05, 3.63) is 71.3 Å². The lowest BCUT2D eigenvalue weighted by Gasteiger charge is -2.28. The lowest BCUT2D eigenvalue weighted by molar-refractivity contribution is 0.104. The van der Waals surface area contributed by atoms with Crippen molar-refractivity contribution in [2.24, 2.45) is 0 Å². The fourth-order valence-electron chi connectivity index (χ4n) is 2.66. The highest BCUT2D eigenvalue weighted by molar-refractivity contribution is 6.14. The van der Waals surface area contributed by atoms with Gasteiger partial charge in [-0.2, -0.15) is 5.26 Å². The topological polar surface area (TPSA) is 53.3 Å². The molecule has 2 aromatic carbocycles. The number of nitrogens with zero attached hydrogens (tertiary/aromatic N) is 2. The SMILES string of the molecule is N#C/C(=C/c1ccc(N2CCOCC2)cc1)C(=O)c1ccccc1. The lowest BCUT2D eigenvalue weighted by atomic mass is 10.0. The van der Waals surface area contributed by atoms with E-state index in [2.05, 4.69) is 4.90 Å². The van der Waals surface area contributed by atoms with Crippen LogP contribution in [-0.4, -0.2) is 32.1 Å². The van der Waals surface area contributed by atoms with E-state index >= 15 is 0 Å². The monoisotopic (exact) mass is 318 g/mol. The van der Waals surface area contributed by atoms with Crippen LogP contribution < -0.4 is 4.90 Å². The Hall–Kier alpha value is -2.90. The zero-order chi connectivity index (χ0) is 16.8. The van der Waals surface area contributed by atoms with Gasteiger partial charge in [0.15, 0.2) is 0 Å². The molecule has 1 fully saturated rings. The van der Waals surface area contributed by atoms with E-state index < -0.39 is 0 Å². The van der Waals surface area contributed by atoms with Crippen LogP contribution in [-0.2, 0) is 4.74 Å². The average Bonchev–Trinajstić information content (AvgIpc) is 2.67. The first kappa shape index (κ1) is 16.0. The molecule has 1 saturated heterocycles. The first-order valence-corrected chi connectivity index (χ1v) is 7.92. The van der Waals surface area contributed by atoms with Crippen LogP contribution in [0.5, 0.6) is 0 Å². The van der Waals surface area contributed by atoms with Crippen LogP contribution in [0.4, 0.5) is 5.69 Å². The van der Waals surface area contributed by atoms with Crippen LogP contribution in [0.3, 0.4) is 0 Å². The molecule has 4 heteroatoms. The Morgan fingerprint density at radius 3 is 2.33 bits per heavy atom. The molecule has 0 atom stereocenters. The summed E-state index contributed by atoms with van der Waals surface area (Å²) in [4.78, 5) is 14.6. The molecule has 0 radical (unpaired) electrons. The van der Waals surface area contributed by atoms with Crippen LogP contribution in [0.1, 0.15) is 15.9 Å². The van der Waals surface area contributed by atoms with Crippen molar-refractivity contribution in [1.82, 2.24) is 0 Å². The predicted octanol–water partition coefficient (Wildman–Crippen LogP) is 3.31. The minimum Gasteiger partial charge on any atom is -0.378 e. The standard InChI is InChI=1S/C20H18N2O2/c21-15-18(20(23)17-4-2-1-3-5-17)14-16-6-8-19(9-7-16)22-10-12-24-13-11-22/h1-9,14H,10-13H2/b18-14-. The number of rotatable bonds is 4.